The molecule has 8 heteroatoms. The molecule has 1 aromatic carbocycles. The lowest BCUT2D eigenvalue weighted by molar-refractivity contribution is 0.000572. The van der Waals surface area contributed by atoms with Gasteiger partial charge in [0.05, 0.1) is 22.3 Å². The van der Waals surface area contributed by atoms with Gasteiger partial charge in [-0.1, -0.05) is 24.6 Å². The predicted octanol–water partition coefficient (Wildman–Crippen LogP) is 5.42. The van der Waals surface area contributed by atoms with Crippen molar-refractivity contribution in [3.8, 4) is 0 Å². The van der Waals surface area contributed by atoms with Crippen LogP contribution >= 0.6 is 0 Å². The molecule has 0 radical (unpaired) electrons. The Morgan fingerprint density at radius 2 is 1.92 bits per heavy atom. The van der Waals surface area contributed by atoms with Crippen LogP contribution in [0.25, 0.3) is 11.0 Å². The molecule has 4 rings (SSSR count). The number of ether oxygens (including phenoxy) is 1. The Balaban J connectivity index is 1.53. The number of allylic oxidation sites excluding steroid dienone is 2. The average Bonchev–Trinajstić information content (AvgIpc) is 3.63. The van der Waals surface area contributed by atoms with Gasteiger partial charge in [0, 0.05) is 44.8 Å². The number of hydrogen-bond acceptors (Lipinski definition) is 6. The predicted molar refractivity (Wildman–Crippen MR) is 148 cm³/mol. The van der Waals surface area contributed by atoms with Gasteiger partial charge in [-0.2, -0.15) is 0 Å². The number of nitrogens with one attached hydrogen (secondary N) is 1. The first-order valence-electron chi connectivity index (χ1n) is 13.2. The van der Waals surface area contributed by atoms with E-state index in [1.165, 1.54) is 5.57 Å². The molecule has 2 fully saturated rings. The van der Waals surface area contributed by atoms with E-state index in [0.29, 0.717) is 19.6 Å². The van der Waals surface area contributed by atoms with Gasteiger partial charge in [-0.05, 0) is 71.6 Å². The van der Waals surface area contributed by atoms with Gasteiger partial charge in [0.1, 0.15) is 5.60 Å². The third-order valence-corrected chi connectivity index (χ3v) is 6.90. The van der Waals surface area contributed by atoms with Crippen molar-refractivity contribution in [2.24, 2.45) is 4.99 Å². The molecular weight excluding hydrogens is 464 g/mol. The molecule has 2 aliphatic rings. The number of carbonyl (C=O) groups is 1. The molecule has 8 nitrogen and oxygen atoms in total. The van der Waals surface area contributed by atoms with Crippen LogP contribution in [0.2, 0.25) is 0 Å². The normalized spacial score (nSPS) is 18.4. The summed E-state index contributed by atoms with van der Waals surface area (Å²) >= 11 is 0. The van der Waals surface area contributed by atoms with Gasteiger partial charge in [-0.15, -0.1) is 0 Å². The summed E-state index contributed by atoms with van der Waals surface area (Å²) in [7, 11) is 0. The molecule has 1 aliphatic carbocycles. The van der Waals surface area contributed by atoms with E-state index in [2.05, 4.69) is 52.2 Å². The van der Waals surface area contributed by atoms with E-state index in [9.17, 15) is 4.79 Å². The summed E-state index contributed by atoms with van der Waals surface area (Å²) in [6, 6.07) is 6.15. The van der Waals surface area contributed by atoms with E-state index in [-0.39, 0.29) is 11.6 Å². The summed E-state index contributed by atoms with van der Waals surface area (Å²) in [6.45, 7) is 14.7. The smallest absolute Gasteiger partial charge is 0.410 e. The molecule has 2 aromatic rings. The highest BCUT2D eigenvalue weighted by Crippen LogP contribution is 2.45. The van der Waals surface area contributed by atoms with E-state index in [4.69, 9.17) is 9.73 Å². The third kappa shape index (κ3) is 6.48. The molecule has 1 aliphatic heterocycles. The summed E-state index contributed by atoms with van der Waals surface area (Å²) in [5.41, 5.74) is 4.40. The summed E-state index contributed by atoms with van der Waals surface area (Å²) in [4.78, 5) is 31.0. The fourth-order valence-electron chi connectivity index (χ4n) is 4.54. The first-order chi connectivity index (χ1) is 17.6. The van der Waals surface area contributed by atoms with Gasteiger partial charge in [0.15, 0.2) is 5.84 Å². The van der Waals surface area contributed by atoms with Crippen molar-refractivity contribution in [3.63, 3.8) is 0 Å². The second kappa shape index (κ2) is 10.9. The fraction of sp³-hybridized carbons (Fsp3) is 0.517. The summed E-state index contributed by atoms with van der Waals surface area (Å²) < 4.78 is 5.72. The van der Waals surface area contributed by atoms with Crippen molar-refractivity contribution >= 4 is 23.0 Å². The maximum absolute atomic E-state index is 13.0. The Hall–Kier alpha value is -3.42. The zero-order valence-electron chi connectivity index (χ0n) is 23.0. The van der Waals surface area contributed by atoms with Crippen LogP contribution in [-0.4, -0.2) is 62.5 Å². The second-order valence-corrected chi connectivity index (χ2v) is 11.0. The van der Waals surface area contributed by atoms with Crippen LogP contribution in [0.4, 0.5) is 4.79 Å². The van der Waals surface area contributed by atoms with Crippen molar-refractivity contribution in [2.45, 2.75) is 78.5 Å². The van der Waals surface area contributed by atoms with E-state index < -0.39 is 5.60 Å². The molecule has 0 atom stereocenters. The van der Waals surface area contributed by atoms with Gasteiger partial charge in [0.25, 0.3) is 0 Å². The molecule has 198 valence electrons. The Kier molecular flexibility index (Phi) is 7.85. The van der Waals surface area contributed by atoms with Crippen LogP contribution in [0.3, 0.4) is 0 Å². The van der Waals surface area contributed by atoms with Gasteiger partial charge in [0.2, 0.25) is 0 Å². The number of fused-ring (bicyclic) bond motifs is 1. The van der Waals surface area contributed by atoms with Crippen LogP contribution in [0.15, 0.2) is 59.1 Å². The van der Waals surface area contributed by atoms with Crippen molar-refractivity contribution in [1.82, 2.24) is 25.1 Å². The van der Waals surface area contributed by atoms with Gasteiger partial charge < -0.3 is 15.0 Å². The first-order valence-corrected chi connectivity index (χ1v) is 13.2. The van der Waals surface area contributed by atoms with Crippen molar-refractivity contribution in [1.29, 1.82) is 0 Å². The number of nitrogens with zero attached hydrogens (tertiary/aromatic N) is 5. The number of benzene rings is 1. The quantitative estimate of drug-likeness (QED) is 0.418. The summed E-state index contributed by atoms with van der Waals surface area (Å²) in [5, 5.41) is 3.61. The summed E-state index contributed by atoms with van der Waals surface area (Å²) in [6.07, 6.45) is 10.2. The molecule has 2 heterocycles. The number of piperazine rings is 1. The Morgan fingerprint density at radius 1 is 1.19 bits per heavy atom. The minimum absolute atomic E-state index is 0.180. The number of amidine groups is 1. The lowest BCUT2D eigenvalue weighted by Gasteiger charge is -2.43. The maximum atomic E-state index is 13.0. The van der Waals surface area contributed by atoms with Crippen LogP contribution in [0, 0.1) is 0 Å². The molecule has 37 heavy (non-hydrogen) atoms. The molecular formula is C29H40N6O2. The third-order valence-electron chi connectivity index (χ3n) is 6.90. The minimum Gasteiger partial charge on any atom is -0.444 e. The van der Waals surface area contributed by atoms with E-state index in [1.807, 2.05) is 44.9 Å². The number of hydrogen-bond donors (Lipinski definition) is 1. The maximum Gasteiger partial charge on any atom is 0.410 e. The van der Waals surface area contributed by atoms with Crippen molar-refractivity contribution < 1.29 is 9.53 Å². The molecule has 1 amide bonds. The van der Waals surface area contributed by atoms with Crippen molar-refractivity contribution in [2.75, 3.05) is 19.6 Å². The zero-order valence-corrected chi connectivity index (χ0v) is 23.0. The number of carbonyl (C=O) groups excluding carboxylic acids is 1. The molecule has 0 unspecified atom stereocenters. The minimum atomic E-state index is -0.504. The average molecular weight is 505 g/mol. The molecule has 1 N–H and O–H groups in total. The Labute approximate surface area is 220 Å². The topological polar surface area (TPSA) is 83.0 Å². The molecule has 0 bridgehead atoms. The molecule has 1 saturated carbocycles. The largest absolute Gasteiger partial charge is 0.444 e. The Morgan fingerprint density at radius 3 is 2.57 bits per heavy atom. The highest BCUT2D eigenvalue weighted by atomic mass is 16.6. The van der Waals surface area contributed by atoms with Crippen LogP contribution in [0.5, 0.6) is 0 Å². The highest BCUT2D eigenvalue weighted by Gasteiger charge is 2.54. The Bertz CT molecular complexity index is 1220. The molecule has 1 saturated heterocycles. The second-order valence-electron chi connectivity index (χ2n) is 11.0. The molecule has 1 aromatic heterocycles. The van der Waals surface area contributed by atoms with Crippen LogP contribution in [0.1, 0.15) is 66.4 Å². The lowest BCUT2D eigenvalue weighted by Crippen LogP contribution is -2.59. The number of rotatable bonds is 6. The SMILES string of the molecule is C\C=C(NCc1ccc2nccnc2c1)/C(=N/C=C(\C)CC)N1CCN(C(=O)OC(C)(C)C)C2(CC2)C1. The first kappa shape index (κ1) is 26.6. The van der Waals surface area contributed by atoms with Crippen molar-refractivity contribution in [3.05, 3.63) is 59.7 Å². The number of aliphatic imine (C=N–C) groups is 1. The standard InChI is InChI=1S/C29H40N6O2/c1-7-21(3)18-33-26(23(8-2)32-19-22-9-10-24-25(17-22)31-14-13-30-24)34-15-16-35(29(20-34)11-12-29)27(36)37-28(4,5)6/h8-10,13-14,17-18,32H,7,11-12,15-16,19-20H2,1-6H3/b21-18+,23-8+,33-26-. The van der Waals surface area contributed by atoms with Crippen LogP contribution in [-0.2, 0) is 11.3 Å². The number of aromatic nitrogens is 2. The van der Waals surface area contributed by atoms with Gasteiger partial charge in [-0.25, -0.2) is 9.79 Å². The van der Waals surface area contributed by atoms with E-state index >= 15 is 0 Å². The summed E-state index contributed by atoms with van der Waals surface area (Å²) in [5.74, 6) is 0.908. The van der Waals surface area contributed by atoms with Gasteiger partial charge in [-0.3, -0.25) is 14.9 Å². The number of amides is 1. The highest BCUT2D eigenvalue weighted by molar-refractivity contribution is 5.98. The monoisotopic (exact) mass is 504 g/mol. The van der Waals surface area contributed by atoms with Gasteiger partial charge >= 0.3 is 6.09 Å². The van der Waals surface area contributed by atoms with Crippen LogP contribution < -0.4 is 5.32 Å². The lowest BCUT2D eigenvalue weighted by atomic mass is 10.1. The molecule has 1 spiro atoms. The fourth-order valence-corrected chi connectivity index (χ4v) is 4.54. The van der Waals surface area contributed by atoms with E-state index in [0.717, 1.165) is 53.9 Å². The zero-order chi connectivity index (χ0) is 26.6. The van der Waals surface area contributed by atoms with E-state index in [1.54, 1.807) is 12.4 Å².